The lowest BCUT2D eigenvalue weighted by molar-refractivity contribution is -0.116. The topological polar surface area (TPSA) is 70.2 Å². The molecule has 0 spiro atoms. The lowest BCUT2D eigenvalue weighted by atomic mass is 9.99. The number of piperidine rings is 1. The van der Waals surface area contributed by atoms with Crippen LogP contribution in [-0.4, -0.2) is 29.2 Å². The lowest BCUT2D eigenvalue weighted by Crippen LogP contribution is -2.32. The van der Waals surface area contributed by atoms with Crippen molar-refractivity contribution in [2.45, 2.75) is 39.5 Å². The molecule has 0 radical (unpaired) electrons. The highest BCUT2D eigenvalue weighted by Gasteiger charge is 2.15. The Hall–Kier alpha value is -2.63. The second-order valence-corrected chi connectivity index (χ2v) is 6.94. The number of anilines is 4. The number of carbonyl (C=O) groups is 1. The van der Waals surface area contributed by atoms with Gasteiger partial charge in [0.25, 0.3) is 0 Å². The summed E-state index contributed by atoms with van der Waals surface area (Å²) in [6.07, 6.45) is 3.82. The molecule has 0 aliphatic carbocycles. The summed E-state index contributed by atoms with van der Waals surface area (Å²) >= 11 is 0. The molecule has 1 saturated heterocycles. The third-order valence-electron chi connectivity index (χ3n) is 4.70. The molecule has 0 atom stereocenters. The minimum Gasteiger partial charge on any atom is -0.372 e. The van der Waals surface area contributed by atoms with Gasteiger partial charge in [-0.2, -0.15) is 0 Å². The fourth-order valence-electron chi connectivity index (χ4n) is 3.07. The number of aromatic nitrogens is 2. The van der Waals surface area contributed by atoms with Gasteiger partial charge in [-0.15, -0.1) is 10.2 Å². The molecule has 2 aromatic rings. The molecule has 1 fully saturated rings. The van der Waals surface area contributed by atoms with Gasteiger partial charge in [0.15, 0.2) is 11.6 Å². The maximum atomic E-state index is 11.6. The molecule has 1 aromatic carbocycles. The van der Waals surface area contributed by atoms with Crippen molar-refractivity contribution in [3.8, 4) is 0 Å². The monoisotopic (exact) mass is 353 g/mol. The lowest BCUT2D eigenvalue weighted by Gasteiger charge is -2.32. The van der Waals surface area contributed by atoms with E-state index in [-0.39, 0.29) is 5.91 Å². The Morgan fingerprint density at radius 2 is 1.73 bits per heavy atom. The van der Waals surface area contributed by atoms with E-state index in [0.29, 0.717) is 18.1 Å². The molecule has 6 heteroatoms. The van der Waals surface area contributed by atoms with Crippen molar-refractivity contribution in [3.63, 3.8) is 0 Å². The normalized spacial score (nSPS) is 14.9. The predicted octanol–water partition coefficient (Wildman–Crippen LogP) is 4.20. The van der Waals surface area contributed by atoms with Crippen LogP contribution in [0, 0.1) is 5.92 Å². The highest BCUT2D eigenvalue weighted by molar-refractivity contribution is 5.89. The molecule has 1 aliphatic rings. The summed E-state index contributed by atoms with van der Waals surface area (Å²) in [7, 11) is 0. The Morgan fingerprint density at radius 1 is 1.08 bits per heavy atom. The molecule has 0 saturated carbocycles. The molecule has 1 aromatic heterocycles. The van der Waals surface area contributed by atoms with E-state index in [4.69, 9.17) is 0 Å². The Kier molecular flexibility index (Phi) is 6.04. The molecule has 138 valence electrons. The van der Waals surface area contributed by atoms with E-state index in [1.807, 2.05) is 13.0 Å². The van der Waals surface area contributed by atoms with Gasteiger partial charge in [-0.1, -0.05) is 13.8 Å². The van der Waals surface area contributed by atoms with E-state index in [0.717, 1.165) is 31.1 Å². The first kappa shape index (κ1) is 18.2. The average molecular weight is 353 g/mol. The van der Waals surface area contributed by atoms with Gasteiger partial charge in [-0.3, -0.25) is 4.79 Å². The minimum absolute atomic E-state index is 0.0368. The zero-order valence-electron chi connectivity index (χ0n) is 15.5. The molecule has 1 aliphatic heterocycles. The Labute approximate surface area is 155 Å². The maximum Gasteiger partial charge on any atom is 0.225 e. The molecule has 3 rings (SSSR count). The van der Waals surface area contributed by atoms with Gasteiger partial charge in [0.05, 0.1) is 0 Å². The SMILES string of the molecule is CCCC(=O)Nc1ccc(Nc2ccc(N3CCC(C)CC3)cc2)nn1. The van der Waals surface area contributed by atoms with Gasteiger partial charge in [0.1, 0.15) is 0 Å². The van der Waals surface area contributed by atoms with Crippen molar-refractivity contribution >= 4 is 28.9 Å². The van der Waals surface area contributed by atoms with Crippen molar-refractivity contribution in [3.05, 3.63) is 36.4 Å². The van der Waals surface area contributed by atoms with Crippen LogP contribution in [0.4, 0.5) is 23.0 Å². The summed E-state index contributed by atoms with van der Waals surface area (Å²) in [4.78, 5) is 14.0. The quantitative estimate of drug-likeness (QED) is 0.815. The second-order valence-electron chi connectivity index (χ2n) is 6.94. The first-order valence-corrected chi connectivity index (χ1v) is 9.39. The van der Waals surface area contributed by atoms with Gasteiger partial charge < -0.3 is 15.5 Å². The summed E-state index contributed by atoms with van der Waals surface area (Å²) in [5.41, 5.74) is 2.23. The summed E-state index contributed by atoms with van der Waals surface area (Å²) < 4.78 is 0. The number of carbonyl (C=O) groups excluding carboxylic acids is 1. The Bertz CT molecular complexity index is 706. The van der Waals surface area contributed by atoms with Crippen molar-refractivity contribution in [1.82, 2.24) is 10.2 Å². The molecular weight excluding hydrogens is 326 g/mol. The summed E-state index contributed by atoms with van der Waals surface area (Å²) in [6.45, 7) is 6.55. The van der Waals surface area contributed by atoms with E-state index in [2.05, 4.69) is 56.9 Å². The Balaban J connectivity index is 1.56. The van der Waals surface area contributed by atoms with Crippen LogP contribution in [0.1, 0.15) is 39.5 Å². The van der Waals surface area contributed by atoms with Crippen LogP contribution in [0.2, 0.25) is 0 Å². The van der Waals surface area contributed by atoms with Crippen LogP contribution >= 0.6 is 0 Å². The molecule has 26 heavy (non-hydrogen) atoms. The number of hydrogen-bond acceptors (Lipinski definition) is 5. The van der Waals surface area contributed by atoms with Crippen LogP contribution in [0.15, 0.2) is 36.4 Å². The van der Waals surface area contributed by atoms with E-state index < -0.39 is 0 Å². The number of nitrogens with zero attached hydrogens (tertiary/aromatic N) is 3. The van der Waals surface area contributed by atoms with Gasteiger partial charge in [-0.25, -0.2) is 0 Å². The van der Waals surface area contributed by atoms with Gasteiger partial charge in [0.2, 0.25) is 5.91 Å². The van der Waals surface area contributed by atoms with Crippen LogP contribution < -0.4 is 15.5 Å². The molecule has 2 N–H and O–H groups in total. The number of benzene rings is 1. The average Bonchev–Trinajstić information content (AvgIpc) is 2.65. The number of amides is 1. The second kappa shape index (κ2) is 8.65. The maximum absolute atomic E-state index is 11.6. The molecular formula is C20H27N5O. The van der Waals surface area contributed by atoms with Crippen LogP contribution in [0.5, 0.6) is 0 Å². The summed E-state index contributed by atoms with van der Waals surface area (Å²) in [5.74, 6) is 1.92. The molecule has 2 heterocycles. The Morgan fingerprint density at radius 3 is 2.35 bits per heavy atom. The van der Waals surface area contributed by atoms with Crippen LogP contribution in [0.25, 0.3) is 0 Å². The predicted molar refractivity (Wildman–Crippen MR) is 106 cm³/mol. The van der Waals surface area contributed by atoms with E-state index in [9.17, 15) is 4.79 Å². The smallest absolute Gasteiger partial charge is 0.225 e. The van der Waals surface area contributed by atoms with Crippen LogP contribution in [0.3, 0.4) is 0 Å². The van der Waals surface area contributed by atoms with Gasteiger partial charge >= 0.3 is 0 Å². The minimum atomic E-state index is -0.0368. The van der Waals surface area contributed by atoms with Crippen molar-refractivity contribution in [2.75, 3.05) is 28.6 Å². The fourth-order valence-corrected chi connectivity index (χ4v) is 3.07. The summed E-state index contributed by atoms with van der Waals surface area (Å²) in [5, 5.41) is 14.1. The first-order valence-electron chi connectivity index (χ1n) is 9.39. The third kappa shape index (κ3) is 4.94. The van der Waals surface area contributed by atoms with Crippen molar-refractivity contribution in [2.24, 2.45) is 5.92 Å². The van der Waals surface area contributed by atoms with Crippen molar-refractivity contribution in [1.29, 1.82) is 0 Å². The fraction of sp³-hybridized carbons (Fsp3) is 0.450. The zero-order valence-corrected chi connectivity index (χ0v) is 15.5. The first-order chi connectivity index (χ1) is 12.6. The molecule has 0 bridgehead atoms. The van der Waals surface area contributed by atoms with E-state index in [1.54, 1.807) is 6.07 Å². The van der Waals surface area contributed by atoms with E-state index >= 15 is 0 Å². The third-order valence-corrected chi connectivity index (χ3v) is 4.70. The highest BCUT2D eigenvalue weighted by atomic mass is 16.1. The standard InChI is InChI=1S/C20H27N5O/c1-3-4-20(26)22-19-10-9-18(23-24-19)21-16-5-7-17(8-6-16)25-13-11-15(2)12-14-25/h5-10,15H,3-4,11-14H2,1-2H3,(H,21,23)(H,22,24,26). The molecule has 1 amide bonds. The van der Waals surface area contributed by atoms with Crippen LogP contribution in [-0.2, 0) is 4.79 Å². The molecule has 0 unspecified atom stereocenters. The highest BCUT2D eigenvalue weighted by Crippen LogP contribution is 2.25. The van der Waals surface area contributed by atoms with Gasteiger partial charge in [-0.05, 0) is 61.6 Å². The molecule has 6 nitrogen and oxygen atoms in total. The summed E-state index contributed by atoms with van der Waals surface area (Å²) in [6, 6.07) is 12.0. The number of nitrogens with one attached hydrogen (secondary N) is 2. The number of rotatable bonds is 6. The van der Waals surface area contributed by atoms with Gasteiger partial charge in [0, 0.05) is 30.9 Å². The van der Waals surface area contributed by atoms with Crippen molar-refractivity contribution < 1.29 is 4.79 Å². The largest absolute Gasteiger partial charge is 0.372 e. The number of hydrogen-bond donors (Lipinski definition) is 2. The van der Waals surface area contributed by atoms with E-state index in [1.165, 1.54) is 18.5 Å². The zero-order chi connectivity index (χ0) is 18.4.